The number of nitrogens with zero attached hydrogens (tertiary/aromatic N) is 1. The van der Waals surface area contributed by atoms with Gasteiger partial charge in [-0.15, -0.1) is 0 Å². The van der Waals surface area contributed by atoms with Crippen molar-refractivity contribution < 1.29 is 0 Å². The van der Waals surface area contributed by atoms with Crippen LogP contribution in [0.5, 0.6) is 0 Å². The Morgan fingerprint density at radius 1 is 1.32 bits per heavy atom. The fourth-order valence-corrected chi connectivity index (χ4v) is 3.03. The van der Waals surface area contributed by atoms with Crippen LogP contribution in [-0.2, 0) is 6.54 Å². The van der Waals surface area contributed by atoms with Gasteiger partial charge in [0.15, 0.2) is 0 Å². The van der Waals surface area contributed by atoms with E-state index in [0.717, 1.165) is 32.1 Å². The molecule has 1 aromatic heterocycles. The summed E-state index contributed by atoms with van der Waals surface area (Å²) >= 11 is 6.08. The summed E-state index contributed by atoms with van der Waals surface area (Å²) in [4.78, 5) is 27.0. The summed E-state index contributed by atoms with van der Waals surface area (Å²) in [6.07, 6.45) is 5.06. The molecule has 1 heterocycles. The van der Waals surface area contributed by atoms with E-state index in [1.807, 2.05) is 0 Å². The van der Waals surface area contributed by atoms with Crippen molar-refractivity contribution in [3.8, 4) is 0 Å². The van der Waals surface area contributed by atoms with Crippen molar-refractivity contribution >= 4 is 11.6 Å². The molecule has 1 aliphatic rings. The number of halogens is 1. The molecule has 1 aromatic rings. The molecule has 0 saturated heterocycles. The van der Waals surface area contributed by atoms with Crippen molar-refractivity contribution in [3.05, 3.63) is 31.6 Å². The van der Waals surface area contributed by atoms with Gasteiger partial charge in [-0.1, -0.05) is 38.3 Å². The summed E-state index contributed by atoms with van der Waals surface area (Å²) in [7, 11) is 0. The highest BCUT2D eigenvalue weighted by molar-refractivity contribution is 6.30. The van der Waals surface area contributed by atoms with Crippen molar-refractivity contribution in [1.82, 2.24) is 9.55 Å². The van der Waals surface area contributed by atoms with Crippen LogP contribution in [0.15, 0.2) is 9.59 Å². The second kappa shape index (κ2) is 5.95. The maximum Gasteiger partial charge on any atom is 0.329 e. The lowest BCUT2D eigenvalue weighted by Crippen LogP contribution is -2.38. The zero-order valence-electron chi connectivity index (χ0n) is 11.5. The Balaban J connectivity index is 2.41. The van der Waals surface area contributed by atoms with Gasteiger partial charge in [0.2, 0.25) is 0 Å². The van der Waals surface area contributed by atoms with Crippen LogP contribution in [-0.4, -0.2) is 9.55 Å². The molecule has 0 aliphatic heterocycles. The van der Waals surface area contributed by atoms with Gasteiger partial charge in [0, 0.05) is 6.54 Å². The molecular formula is C14H21ClN2O2. The van der Waals surface area contributed by atoms with E-state index in [9.17, 15) is 9.59 Å². The zero-order chi connectivity index (χ0) is 14.0. The Hall–Kier alpha value is -1.03. The normalized spacial score (nSPS) is 16.4. The summed E-state index contributed by atoms with van der Waals surface area (Å²) < 4.78 is 1.31. The van der Waals surface area contributed by atoms with E-state index in [2.05, 4.69) is 18.8 Å². The number of rotatable bonds is 4. The third kappa shape index (κ3) is 3.11. The molecule has 1 aliphatic carbocycles. The molecule has 2 rings (SSSR count). The molecule has 0 unspecified atom stereocenters. The first kappa shape index (κ1) is 14.4. The van der Waals surface area contributed by atoms with E-state index >= 15 is 0 Å². The largest absolute Gasteiger partial charge is 0.329 e. The van der Waals surface area contributed by atoms with Crippen molar-refractivity contribution in [1.29, 1.82) is 0 Å². The first-order valence-electron chi connectivity index (χ1n) is 7.03. The number of aromatic nitrogens is 2. The van der Waals surface area contributed by atoms with Crippen LogP contribution in [0.25, 0.3) is 0 Å². The molecule has 0 bridgehead atoms. The molecule has 4 nitrogen and oxygen atoms in total. The van der Waals surface area contributed by atoms with E-state index in [0.29, 0.717) is 18.0 Å². The average Bonchev–Trinajstić information content (AvgIpc) is 2.81. The summed E-state index contributed by atoms with van der Waals surface area (Å²) in [6.45, 7) is 4.61. The third-order valence-corrected chi connectivity index (χ3v) is 4.17. The van der Waals surface area contributed by atoms with Gasteiger partial charge in [-0.2, -0.15) is 0 Å². The Kier molecular flexibility index (Phi) is 4.50. The first-order chi connectivity index (χ1) is 9.00. The van der Waals surface area contributed by atoms with E-state index in [4.69, 9.17) is 11.6 Å². The van der Waals surface area contributed by atoms with Crippen LogP contribution in [0.2, 0.25) is 5.15 Å². The zero-order valence-corrected chi connectivity index (χ0v) is 12.3. The summed E-state index contributed by atoms with van der Waals surface area (Å²) in [5, 5.41) is 0.239. The third-order valence-electron chi connectivity index (χ3n) is 3.87. The second-order valence-electron chi connectivity index (χ2n) is 5.78. The molecule has 5 heteroatoms. The quantitative estimate of drug-likeness (QED) is 0.865. The van der Waals surface area contributed by atoms with Gasteiger partial charge in [0.05, 0.1) is 5.56 Å². The highest BCUT2D eigenvalue weighted by Crippen LogP contribution is 2.34. The SMILES string of the molecule is CC(C)CCn1c(=O)[nH]c(Cl)c(C2CCCC2)c1=O. The molecule has 1 saturated carbocycles. The fraction of sp³-hybridized carbons (Fsp3) is 0.714. The molecular weight excluding hydrogens is 264 g/mol. The lowest BCUT2D eigenvalue weighted by molar-refractivity contribution is 0.489. The number of H-pyrrole nitrogens is 1. The molecule has 1 fully saturated rings. The second-order valence-corrected chi connectivity index (χ2v) is 6.16. The maximum absolute atomic E-state index is 12.5. The fourth-order valence-electron chi connectivity index (χ4n) is 2.72. The minimum atomic E-state index is -0.391. The predicted molar refractivity (Wildman–Crippen MR) is 77.0 cm³/mol. The highest BCUT2D eigenvalue weighted by atomic mass is 35.5. The summed E-state index contributed by atoms with van der Waals surface area (Å²) in [6, 6.07) is 0. The number of aromatic amines is 1. The van der Waals surface area contributed by atoms with Crippen molar-refractivity contribution in [3.63, 3.8) is 0 Å². The van der Waals surface area contributed by atoms with Gasteiger partial charge in [0.1, 0.15) is 5.15 Å². The Labute approximate surface area is 117 Å². The number of nitrogens with one attached hydrogen (secondary N) is 1. The molecule has 19 heavy (non-hydrogen) atoms. The minimum Gasteiger partial charge on any atom is -0.297 e. The molecule has 106 valence electrons. The summed E-state index contributed by atoms with van der Waals surface area (Å²) in [5.74, 6) is 0.666. The molecule has 0 atom stereocenters. The Morgan fingerprint density at radius 2 is 1.95 bits per heavy atom. The first-order valence-corrected chi connectivity index (χ1v) is 7.41. The van der Waals surface area contributed by atoms with Gasteiger partial charge in [-0.05, 0) is 31.1 Å². The smallest absolute Gasteiger partial charge is 0.297 e. The molecule has 0 spiro atoms. The number of hydrogen-bond donors (Lipinski definition) is 1. The van der Waals surface area contributed by atoms with Crippen LogP contribution in [0.4, 0.5) is 0 Å². The van der Waals surface area contributed by atoms with Crippen LogP contribution in [0, 0.1) is 5.92 Å². The standard InChI is InChI=1S/C14H21ClN2O2/c1-9(2)7-8-17-13(18)11(10-5-3-4-6-10)12(15)16-14(17)19/h9-10H,3-8H2,1-2H3,(H,16,19). The average molecular weight is 285 g/mol. The van der Waals surface area contributed by atoms with Crippen molar-refractivity contribution in [2.24, 2.45) is 5.92 Å². The van der Waals surface area contributed by atoms with Crippen molar-refractivity contribution in [2.75, 3.05) is 0 Å². The monoisotopic (exact) mass is 284 g/mol. The van der Waals surface area contributed by atoms with Gasteiger partial charge in [0.25, 0.3) is 5.56 Å². The van der Waals surface area contributed by atoms with Crippen LogP contribution < -0.4 is 11.2 Å². The summed E-state index contributed by atoms with van der Waals surface area (Å²) in [5.41, 5.74) is 0.0289. The topological polar surface area (TPSA) is 54.9 Å². The predicted octanol–water partition coefficient (Wildman–Crippen LogP) is 2.89. The number of hydrogen-bond acceptors (Lipinski definition) is 2. The van der Waals surface area contributed by atoms with Crippen LogP contribution in [0.1, 0.15) is 57.4 Å². The van der Waals surface area contributed by atoms with E-state index in [1.54, 1.807) is 0 Å². The van der Waals surface area contributed by atoms with Gasteiger partial charge in [-0.3, -0.25) is 14.3 Å². The van der Waals surface area contributed by atoms with Crippen LogP contribution in [0.3, 0.4) is 0 Å². The van der Waals surface area contributed by atoms with E-state index in [1.165, 1.54) is 4.57 Å². The van der Waals surface area contributed by atoms with E-state index < -0.39 is 5.69 Å². The van der Waals surface area contributed by atoms with E-state index in [-0.39, 0.29) is 16.6 Å². The Morgan fingerprint density at radius 3 is 2.53 bits per heavy atom. The highest BCUT2D eigenvalue weighted by Gasteiger charge is 2.24. The van der Waals surface area contributed by atoms with Gasteiger partial charge < -0.3 is 0 Å². The molecule has 0 amide bonds. The van der Waals surface area contributed by atoms with Gasteiger partial charge in [-0.25, -0.2) is 4.79 Å². The lowest BCUT2D eigenvalue weighted by atomic mass is 10.0. The lowest BCUT2D eigenvalue weighted by Gasteiger charge is -2.14. The molecule has 0 aromatic carbocycles. The molecule has 0 radical (unpaired) electrons. The molecule has 1 N–H and O–H groups in total. The maximum atomic E-state index is 12.5. The van der Waals surface area contributed by atoms with Gasteiger partial charge >= 0.3 is 5.69 Å². The van der Waals surface area contributed by atoms with Crippen molar-refractivity contribution in [2.45, 2.75) is 58.4 Å². The minimum absolute atomic E-state index is 0.193. The Bertz CT molecular complexity index is 554. The van der Waals surface area contributed by atoms with Crippen LogP contribution >= 0.6 is 11.6 Å².